The molecule has 1 aliphatic rings. The molecule has 0 saturated heterocycles. The van der Waals surface area contributed by atoms with Gasteiger partial charge in [0.25, 0.3) is 0 Å². The molecule has 1 aromatic heterocycles. The first kappa shape index (κ1) is 19.9. The lowest BCUT2D eigenvalue weighted by Gasteiger charge is -2.18. The summed E-state index contributed by atoms with van der Waals surface area (Å²) in [5.41, 5.74) is 2.90. The number of amides is 1. The van der Waals surface area contributed by atoms with Gasteiger partial charge in [-0.25, -0.2) is 4.98 Å². The molecule has 8 heteroatoms. The quantitative estimate of drug-likeness (QED) is 0.630. The van der Waals surface area contributed by atoms with Gasteiger partial charge in [0, 0.05) is 36.9 Å². The lowest BCUT2D eigenvalue weighted by atomic mass is 10.1. The van der Waals surface area contributed by atoms with E-state index in [9.17, 15) is 10.1 Å². The van der Waals surface area contributed by atoms with Crippen LogP contribution in [-0.2, 0) is 4.79 Å². The van der Waals surface area contributed by atoms with Gasteiger partial charge in [-0.15, -0.1) is 0 Å². The number of pyridine rings is 1. The third-order valence-electron chi connectivity index (χ3n) is 4.57. The molecule has 0 saturated carbocycles. The SMILES string of the molecule is CN(C)c1ccc(NC(=O)CSc2nc3cc4c(cc3cc2C#N)OCCO4)cc1. The van der Waals surface area contributed by atoms with Gasteiger partial charge >= 0.3 is 0 Å². The van der Waals surface area contributed by atoms with Gasteiger partial charge in [-0.1, -0.05) is 11.8 Å². The van der Waals surface area contributed by atoms with E-state index in [-0.39, 0.29) is 11.7 Å². The van der Waals surface area contributed by atoms with E-state index in [0.29, 0.717) is 40.8 Å². The minimum absolute atomic E-state index is 0.146. The number of anilines is 2. The average Bonchev–Trinajstić information content (AvgIpc) is 2.76. The van der Waals surface area contributed by atoms with E-state index in [1.165, 1.54) is 11.8 Å². The number of benzene rings is 2. The standard InChI is InChI=1S/C22H20N4O3S/c1-26(2)17-5-3-16(4-6-17)24-21(27)13-30-22-15(12-23)9-14-10-19-20(11-18(14)25-22)29-8-7-28-19/h3-6,9-11H,7-8,13H2,1-2H3,(H,24,27). The molecule has 0 radical (unpaired) electrons. The molecule has 2 heterocycles. The zero-order chi connectivity index (χ0) is 21.1. The number of ether oxygens (including phenoxy) is 2. The topological polar surface area (TPSA) is 87.5 Å². The molecule has 30 heavy (non-hydrogen) atoms. The van der Waals surface area contributed by atoms with Gasteiger partial charge in [0.1, 0.15) is 24.3 Å². The van der Waals surface area contributed by atoms with Gasteiger partial charge in [0.2, 0.25) is 5.91 Å². The average molecular weight is 420 g/mol. The van der Waals surface area contributed by atoms with E-state index in [1.54, 1.807) is 12.1 Å². The number of thioether (sulfide) groups is 1. The molecule has 0 spiro atoms. The molecule has 0 bridgehead atoms. The van der Waals surface area contributed by atoms with Crippen LogP contribution in [0.5, 0.6) is 11.5 Å². The first-order chi connectivity index (χ1) is 14.5. The maximum atomic E-state index is 12.4. The Morgan fingerprint density at radius 1 is 1.17 bits per heavy atom. The van der Waals surface area contributed by atoms with Crippen LogP contribution >= 0.6 is 11.8 Å². The Morgan fingerprint density at radius 3 is 2.53 bits per heavy atom. The zero-order valence-electron chi connectivity index (χ0n) is 16.6. The number of nitrogens with one attached hydrogen (secondary N) is 1. The van der Waals surface area contributed by atoms with Gasteiger partial charge < -0.3 is 19.7 Å². The number of nitriles is 1. The van der Waals surface area contributed by atoms with Crippen LogP contribution in [0.2, 0.25) is 0 Å². The van der Waals surface area contributed by atoms with Crippen LogP contribution in [0.3, 0.4) is 0 Å². The van der Waals surface area contributed by atoms with Gasteiger partial charge in [-0.3, -0.25) is 4.79 Å². The Balaban J connectivity index is 1.48. The van der Waals surface area contributed by atoms with Crippen molar-refractivity contribution in [2.75, 3.05) is 43.3 Å². The van der Waals surface area contributed by atoms with Gasteiger partial charge in [0.15, 0.2) is 11.5 Å². The van der Waals surface area contributed by atoms with Gasteiger partial charge in [0.05, 0.1) is 16.8 Å². The van der Waals surface area contributed by atoms with Crippen LogP contribution in [0.1, 0.15) is 5.56 Å². The molecule has 3 aromatic rings. The molecule has 2 aromatic carbocycles. The van der Waals surface area contributed by atoms with Crippen LogP contribution in [0.15, 0.2) is 47.5 Å². The lowest BCUT2D eigenvalue weighted by Crippen LogP contribution is -2.15. The van der Waals surface area contributed by atoms with Crippen molar-refractivity contribution < 1.29 is 14.3 Å². The normalized spacial score (nSPS) is 12.3. The summed E-state index contributed by atoms with van der Waals surface area (Å²) in [6.45, 7) is 0.990. The molecular weight excluding hydrogens is 400 g/mol. The van der Waals surface area contributed by atoms with Gasteiger partial charge in [-0.05, 0) is 36.4 Å². The summed E-state index contributed by atoms with van der Waals surface area (Å²) in [6, 6.07) is 15.2. The highest BCUT2D eigenvalue weighted by Gasteiger charge is 2.16. The Labute approximate surface area is 178 Å². The zero-order valence-corrected chi connectivity index (χ0v) is 17.5. The molecule has 4 rings (SSSR count). The maximum absolute atomic E-state index is 12.4. The number of aromatic nitrogens is 1. The summed E-state index contributed by atoms with van der Waals surface area (Å²) in [6.07, 6.45) is 0. The molecule has 0 unspecified atom stereocenters. The van der Waals surface area contributed by atoms with E-state index in [1.807, 2.05) is 49.3 Å². The van der Waals surface area contributed by atoms with Crippen molar-refractivity contribution in [3.8, 4) is 17.6 Å². The van der Waals surface area contributed by atoms with Crippen LogP contribution in [-0.4, -0.2) is 44.0 Å². The van der Waals surface area contributed by atoms with Crippen molar-refractivity contribution in [2.45, 2.75) is 5.03 Å². The van der Waals surface area contributed by atoms with E-state index in [4.69, 9.17) is 9.47 Å². The highest BCUT2D eigenvalue weighted by molar-refractivity contribution is 8.00. The Bertz CT molecular complexity index is 1140. The highest BCUT2D eigenvalue weighted by Crippen LogP contribution is 2.35. The number of carbonyl (C=O) groups excluding carboxylic acids is 1. The second-order valence-electron chi connectivity index (χ2n) is 6.92. The van der Waals surface area contributed by atoms with Crippen molar-refractivity contribution >= 4 is 39.9 Å². The van der Waals surface area contributed by atoms with Crippen molar-refractivity contribution in [1.29, 1.82) is 5.26 Å². The van der Waals surface area contributed by atoms with Gasteiger partial charge in [-0.2, -0.15) is 5.26 Å². The summed E-state index contributed by atoms with van der Waals surface area (Å²) in [5, 5.41) is 13.7. The number of hydrogen-bond donors (Lipinski definition) is 1. The van der Waals surface area contributed by atoms with Crippen LogP contribution in [0.25, 0.3) is 10.9 Å². The minimum atomic E-state index is -0.162. The van der Waals surface area contributed by atoms with Crippen LogP contribution < -0.4 is 19.7 Å². The molecule has 152 valence electrons. The number of carbonyl (C=O) groups is 1. The molecule has 7 nitrogen and oxygen atoms in total. The molecule has 0 aliphatic carbocycles. The first-order valence-corrected chi connectivity index (χ1v) is 10.4. The van der Waals surface area contributed by atoms with Crippen LogP contribution in [0, 0.1) is 11.3 Å². The predicted octanol–water partition coefficient (Wildman–Crippen LogP) is 3.67. The van der Waals surface area contributed by atoms with E-state index in [2.05, 4.69) is 16.4 Å². The van der Waals surface area contributed by atoms with Crippen LogP contribution in [0.4, 0.5) is 11.4 Å². The lowest BCUT2D eigenvalue weighted by molar-refractivity contribution is -0.113. The first-order valence-electron chi connectivity index (χ1n) is 9.38. The largest absolute Gasteiger partial charge is 0.486 e. The molecule has 1 N–H and O–H groups in total. The fraction of sp³-hybridized carbons (Fsp3) is 0.227. The number of nitrogens with zero attached hydrogens (tertiary/aromatic N) is 3. The van der Waals surface area contributed by atoms with Crippen molar-refractivity contribution in [2.24, 2.45) is 0 Å². The monoisotopic (exact) mass is 420 g/mol. The third-order valence-corrected chi connectivity index (χ3v) is 5.56. The van der Waals surface area contributed by atoms with E-state index < -0.39 is 0 Å². The highest BCUT2D eigenvalue weighted by atomic mass is 32.2. The summed E-state index contributed by atoms with van der Waals surface area (Å²) >= 11 is 1.23. The maximum Gasteiger partial charge on any atom is 0.234 e. The summed E-state index contributed by atoms with van der Waals surface area (Å²) in [7, 11) is 3.92. The van der Waals surface area contributed by atoms with Crippen molar-refractivity contribution in [3.63, 3.8) is 0 Å². The number of fused-ring (bicyclic) bond motifs is 2. The number of rotatable bonds is 5. The second-order valence-corrected chi connectivity index (χ2v) is 7.88. The molecule has 0 atom stereocenters. The second kappa shape index (κ2) is 8.51. The smallest absolute Gasteiger partial charge is 0.234 e. The molecule has 0 fully saturated rings. The third kappa shape index (κ3) is 4.26. The van der Waals surface area contributed by atoms with Crippen molar-refractivity contribution in [3.05, 3.63) is 48.0 Å². The molecule has 1 amide bonds. The summed E-state index contributed by atoms with van der Waals surface area (Å²) < 4.78 is 11.2. The van der Waals surface area contributed by atoms with Crippen molar-refractivity contribution in [1.82, 2.24) is 4.98 Å². The summed E-state index contributed by atoms with van der Waals surface area (Å²) in [4.78, 5) is 18.9. The molecule has 1 aliphatic heterocycles. The number of hydrogen-bond acceptors (Lipinski definition) is 7. The molecular formula is C22H20N4O3S. The Hall–Kier alpha value is -3.44. The van der Waals surface area contributed by atoms with E-state index in [0.717, 1.165) is 16.8 Å². The Morgan fingerprint density at radius 2 is 1.87 bits per heavy atom. The summed E-state index contributed by atoms with van der Waals surface area (Å²) in [5.74, 6) is 1.28. The predicted molar refractivity (Wildman–Crippen MR) is 118 cm³/mol. The fourth-order valence-corrected chi connectivity index (χ4v) is 3.82. The minimum Gasteiger partial charge on any atom is -0.486 e. The Kier molecular flexibility index (Phi) is 5.63. The fourth-order valence-electron chi connectivity index (χ4n) is 3.06. The van der Waals surface area contributed by atoms with E-state index >= 15 is 0 Å².